The highest BCUT2D eigenvalue weighted by atomic mass is 32.2. The Morgan fingerprint density at radius 2 is 1.74 bits per heavy atom. The lowest BCUT2D eigenvalue weighted by Crippen LogP contribution is -2.28. The quantitative estimate of drug-likeness (QED) is 0.333. The predicted molar refractivity (Wildman–Crippen MR) is 142 cm³/mol. The van der Waals surface area contributed by atoms with Crippen LogP contribution in [0.15, 0.2) is 59.6 Å². The lowest BCUT2D eigenvalue weighted by molar-refractivity contribution is -0.123. The molecule has 0 spiro atoms. The Hall–Kier alpha value is -3.92. The summed E-state index contributed by atoms with van der Waals surface area (Å²) in [7, 11) is -4.10. The van der Waals surface area contributed by atoms with Gasteiger partial charge in [0.05, 0.1) is 21.7 Å². The summed E-state index contributed by atoms with van der Waals surface area (Å²) < 4.78 is 58.7. The minimum absolute atomic E-state index is 0.0284. The number of aryl methyl sites for hydroxylation is 2. The molecule has 0 fully saturated rings. The van der Waals surface area contributed by atoms with Crippen LogP contribution in [0.4, 0.5) is 20.4 Å². The average molecular weight is 537 g/mol. The minimum Gasteiger partial charge on any atom is -0.294 e. The van der Waals surface area contributed by atoms with Crippen LogP contribution in [0, 0.1) is 17.0 Å². The molecule has 2 N–H and O–H groups in total. The average Bonchev–Trinajstić information content (AvgIpc) is 3.33. The Kier molecular flexibility index (Phi) is 6.38. The monoisotopic (exact) mass is 536 g/mol. The van der Waals surface area contributed by atoms with Gasteiger partial charge in [0.1, 0.15) is 5.82 Å². The smallest absolute Gasteiger partial charge is 0.261 e. The molecular weight excluding hydrogens is 510 g/mol. The molecule has 0 saturated carbocycles. The van der Waals surface area contributed by atoms with Gasteiger partial charge in [-0.3, -0.25) is 14.8 Å². The first-order chi connectivity index (χ1) is 17.9. The van der Waals surface area contributed by atoms with E-state index in [0.29, 0.717) is 10.9 Å². The van der Waals surface area contributed by atoms with Gasteiger partial charge in [0.25, 0.3) is 10.0 Å². The molecule has 0 unspecified atom stereocenters. The number of hydrogen-bond donors (Lipinski definition) is 2. The van der Waals surface area contributed by atoms with Crippen LogP contribution in [-0.2, 0) is 27.7 Å². The van der Waals surface area contributed by atoms with Crippen molar-refractivity contribution in [3.63, 3.8) is 0 Å². The van der Waals surface area contributed by atoms with Crippen LogP contribution in [0.3, 0.4) is 0 Å². The van der Waals surface area contributed by atoms with Crippen molar-refractivity contribution in [3.8, 4) is 11.1 Å². The Labute approximate surface area is 219 Å². The predicted octanol–water partition coefficient (Wildman–Crippen LogP) is 5.85. The molecule has 0 aliphatic heterocycles. The third-order valence-corrected chi connectivity index (χ3v) is 7.85. The van der Waals surface area contributed by atoms with E-state index in [2.05, 4.69) is 20.0 Å². The summed E-state index contributed by atoms with van der Waals surface area (Å²) in [6.45, 7) is 5.29. The molecule has 196 valence electrons. The SMILES string of the molecule is CC(C)(C)C(=O)Nc1ncc2cc(-c3c(F)ccc(NS(=O)(=O)c4ccc5c(c4)CCC5)c3F)ccc2n1. The van der Waals surface area contributed by atoms with Crippen LogP contribution in [0.5, 0.6) is 0 Å². The van der Waals surface area contributed by atoms with Crippen LogP contribution in [0.2, 0.25) is 0 Å². The van der Waals surface area contributed by atoms with E-state index in [9.17, 15) is 17.6 Å². The van der Waals surface area contributed by atoms with E-state index in [1.54, 1.807) is 39.0 Å². The second-order valence-corrected chi connectivity index (χ2v) is 12.0. The van der Waals surface area contributed by atoms with Crippen molar-refractivity contribution in [2.45, 2.75) is 44.9 Å². The minimum atomic E-state index is -4.10. The zero-order chi connectivity index (χ0) is 27.2. The number of sulfonamides is 1. The summed E-state index contributed by atoms with van der Waals surface area (Å²) in [6, 6.07) is 11.5. The van der Waals surface area contributed by atoms with Gasteiger partial charge in [-0.15, -0.1) is 0 Å². The van der Waals surface area contributed by atoms with Crippen LogP contribution >= 0.6 is 0 Å². The van der Waals surface area contributed by atoms with E-state index in [1.807, 2.05) is 0 Å². The van der Waals surface area contributed by atoms with Crippen molar-refractivity contribution in [2.75, 3.05) is 10.0 Å². The summed E-state index contributed by atoms with van der Waals surface area (Å²) in [4.78, 5) is 20.7. The molecule has 7 nitrogen and oxygen atoms in total. The summed E-state index contributed by atoms with van der Waals surface area (Å²) in [6.07, 6.45) is 4.11. The molecule has 3 aromatic carbocycles. The van der Waals surface area contributed by atoms with Crippen molar-refractivity contribution in [2.24, 2.45) is 5.41 Å². The van der Waals surface area contributed by atoms with E-state index >= 15 is 4.39 Å². The number of fused-ring (bicyclic) bond motifs is 2. The number of rotatable bonds is 5. The maximum Gasteiger partial charge on any atom is 0.261 e. The number of aromatic nitrogens is 2. The topological polar surface area (TPSA) is 101 Å². The molecule has 0 bridgehead atoms. The number of nitrogens with zero attached hydrogens (tertiary/aromatic N) is 2. The Balaban J connectivity index is 1.46. The molecule has 4 aromatic rings. The third kappa shape index (κ3) is 4.96. The van der Waals surface area contributed by atoms with E-state index < -0.39 is 27.1 Å². The van der Waals surface area contributed by atoms with E-state index in [4.69, 9.17) is 0 Å². The molecule has 5 rings (SSSR count). The van der Waals surface area contributed by atoms with Gasteiger partial charge in [0.2, 0.25) is 11.9 Å². The number of hydrogen-bond acceptors (Lipinski definition) is 5. The van der Waals surface area contributed by atoms with Crippen molar-refractivity contribution < 1.29 is 22.0 Å². The molecule has 0 radical (unpaired) electrons. The zero-order valence-corrected chi connectivity index (χ0v) is 21.9. The lowest BCUT2D eigenvalue weighted by Gasteiger charge is -2.16. The number of nitrogens with one attached hydrogen (secondary N) is 2. The second kappa shape index (κ2) is 9.43. The normalized spacial score (nSPS) is 13.4. The van der Waals surface area contributed by atoms with Crippen LogP contribution < -0.4 is 10.0 Å². The number of carbonyl (C=O) groups is 1. The number of benzene rings is 3. The fourth-order valence-electron chi connectivity index (χ4n) is 4.35. The largest absolute Gasteiger partial charge is 0.294 e. The van der Waals surface area contributed by atoms with Gasteiger partial charge >= 0.3 is 0 Å². The van der Waals surface area contributed by atoms with Gasteiger partial charge in [-0.05, 0) is 72.4 Å². The third-order valence-electron chi connectivity index (χ3n) is 6.49. The van der Waals surface area contributed by atoms with Gasteiger partial charge in [-0.1, -0.05) is 32.9 Å². The van der Waals surface area contributed by atoms with Gasteiger partial charge in [-0.25, -0.2) is 27.2 Å². The molecule has 10 heteroatoms. The fourth-order valence-corrected chi connectivity index (χ4v) is 5.46. The Morgan fingerprint density at radius 3 is 2.50 bits per heavy atom. The highest BCUT2D eigenvalue weighted by molar-refractivity contribution is 7.92. The second-order valence-electron chi connectivity index (χ2n) is 10.3. The summed E-state index contributed by atoms with van der Waals surface area (Å²) in [5.41, 5.74) is 1.34. The molecule has 1 aliphatic carbocycles. The highest BCUT2D eigenvalue weighted by Gasteiger charge is 2.24. The lowest BCUT2D eigenvalue weighted by atomic mass is 9.96. The van der Waals surface area contributed by atoms with Crippen molar-refractivity contribution in [1.29, 1.82) is 0 Å². The molecule has 1 aromatic heterocycles. The summed E-state index contributed by atoms with van der Waals surface area (Å²) >= 11 is 0. The Morgan fingerprint density at radius 1 is 0.974 bits per heavy atom. The maximum absolute atomic E-state index is 15.6. The van der Waals surface area contributed by atoms with Crippen molar-refractivity contribution in [1.82, 2.24) is 9.97 Å². The molecule has 1 aliphatic rings. The maximum atomic E-state index is 15.6. The standard InChI is InChI=1S/C28H26F2N4O3S/c1-28(2,3)26(35)33-27-31-15-19-13-18(8-11-22(19)32-27)24-21(29)10-12-23(25(24)30)34-38(36,37)20-9-7-16-5-4-6-17(16)14-20/h7-15,34H,4-6H2,1-3H3,(H,31,32,33,35). The highest BCUT2D eigenvalue weighted by Crippen LogP contribution is 2.34. The van der Waals surface area contributed by atoms with E-state index in [-0.39, 0.29) is 33.6 Å². The van der Waals surface area contributed by atoms with Crippen LogP contribution in [0.25, 0.3) is 22.0 Å². The van der Waals surface area contributed by atoms with E-state index in [1.165, 1.54) is 24.4 Å². The molecule has 0 atom stereocenters. The number of anilines is 2. The van der Waals surface area contributed by atoms with Crippen LogP contribution in [-0.4, -0.2) is 24.3 Å². The van der Waals surface area contributed by atoms with Gasteiger partial charge < -0.3 is 0 Å². The number of carbonyl (C=O) groups excluding carboxylic acids is 1. The molecule has 0 saturated heterocycles. The Bertz CT molecular complexity index is 1700. The molecule has 1 heterocycles. The number of amides is 1. The molecule has 1 amide bonds. The van der Waals surface area contributed by atoms with Gasteiger partial charge in [0, 0.05) is 17.0 Å². The molecular formula is C28H26F2N4O3S. The fraction of sp³-hybridized carbons (Fsp3) is 0.250. The first-order valence-electron chi connectivity index (χ1n) is 12.1. The summed E-state index contributed by atoms with van der Waals surface area (Å²) in [5.74, 6) is -2.02. The van der Waals surface area contributed by atoms with E-state index in [0.717, 1.165) is 42.5 Å². The first-order valence-corrected chi connectivity index (χ1v) is 13.6. The van der Waals surface area contributed by atoms with Crippen molar-refractivity contribution >= 4 is 38.5 Å². The number of halogens is 2. The first kappa shape index (κ1) is 25.7. The zero-order valence-electron chi connectivity index (χ0n) is 21.1. The molecule has 38 heavy (non-hydrogen) atoms. The van der Waals surface area contributed by atoms with Crippen LogP contribution in [0.1, 0.15) is 38.3 Å². The summed E-state index contributed by atoms with van der Waals surface area (Å²) in [5, 5.41) is 3.13. The van der Waals surface area contributed by atoms with Gasteiger partial charge in [-0.2, -0.15) is 0 Å². The van der Waals surface area contributed by atoms with Crippen molar-refractivity contribution in [3.05, 3.63) is 77.5 Å². The van der Waals surface area contributed by atoms with Gasteiger partial charge in [0.15, 0.2) is 5.82 Å².